The lowest BCUT2D eigenvalue weighted by Crippen LogP contribution is -2.51. The van der Waals surface area contributed by atoms with Crippen LogP contribution in [0.25, 0.3) is 0 Å². The lowest BCUT2D eigenvalue weighted by Gasteiger charge is -2.34. The summed E-state index contributed by atoms with van der Waals surface area (Å²) in [7, 11) is 0. The van der Waals surface area contributed by atoms with Crippen LogP contribution in [-0.2, 0) is 16.0 Å². The first kappa shape index (κ1) is 16.5. The van der Waals surface area contributed by atoms with Gasteiger partial charge in [-0.25, -0.2) is 0 Å². The summed E-state index contributed by atoms with van der Waals surface area (Å²) < 4.78 is 5.14. The SMILES string of the molecule is CCOCC(=O)N1CCN(C(=O)c2ccc(CC)cc2)CC1. The van der Waals surface area contributed by atoms with Crippen molar-refractivity contribution in [2.75, 3.05) is 39.4 Å². The molecule has 1 aliphatic heterocycles. The topological polar surface area (TPSA) is 49.9 Å². The molecule has 2 amide bonds. The van der Waals surface area contributed by atoms with Crippen molar-refractivity contribution in [3.63, 3.8) is 0 Å². The van der Waals surface area contributed by atoms with Gasteiger partial charge in [0, 0.05) is 38.3 Å². The van der Waals surface area contributed by atoms with Crippen LogP contribution in [0.5, 0.6) is 0 Å². The van der Waals surface area contributed by atoms with Gasteiger partial charge in [0.15, 0.2) is 0 Å². The molecule has 0 aliphatic carbocycles. The third-order valence-electron chi connectivity index (χ3n) is 3.96. The maximum atomic E-state index is 12.4. The van der Waals surface area contributed by atoms with E-state index < -0.39 is 0 Å². The van der Waals surface area contributed by atoms with Gasteiger partial charge >= 0.3 is 0 Å². The number of nitrogens with zero attached hydrogens (tertiary/aromatic N) is 2. The molecular weight excluding hydrogens is 280 g/mol. The van der Waals surface area contributed by atoms with Crippen LogP contribution >= 0.6 is 0 Å². The molecule has 2 rings (SSSR count). The number of amides is 2. The fraction of sp³-hybridized carbons (Fsp3) is 0.529. The highest BCUT2D eigenvalue weighted by molar-refractivity contribution is 5.94. The van der Waals surface area contributed by atoms with Crippen molar-refractivity contribution >= 4 is 11.8 Å². The van der Waals surface area contributed by atoms with E-state index in [-0.39, 0.29) is 18.4 Å². The van der Waals surface area contributed by atoms with Crippen molar-refractivity contribution in [1.82, 2.24) is 9.80 Å². The number of carbonyl (C=O) groups excluding carboxylic acids is 2. The number of benzene rings is 1. The maximum absolute atomic E-state index is 12.4. The summed E-state index contributed by atoms with van der Waals surface area (Å²) in [5.74, 6) is 0.0424. The molecular formula is C17H24N2O3. The number of hydrogen-bond donors (Lipinski definition) is 0. The number of rotatable bonds is 5. The van der Waals surface area contributed by atoms with Crippen molar-refractivity contribution in [3.05, 3.63) is 35.4 Å². The Balaban J connectivity index is 1.87. The van der Waals surface area contributed by atoms with Crippen LogP contribution in [0.15, 0.2) is 24.3 Å². The molecule has 0 bridgehead atoms. The fourth-order valence-electron chi connectivity index (χ4n) is 2.51. The molecule has 0 aromatic heterocycles. The number of ether oxygens (including phenoxy) is 1. The highest BCUT2D eigenvalue weighted by atomic mass is 16.5. The average Bonchev–Trinajstić information content (AvgIpc) is 2.59. The summed E-state index contributed by atoms with van der Waals surface area (Å²) in [5.41, 5.74) is 1.94. The second kappa shape index (κ2) is 7.94. The minimum Gasteiger partial charge on any atom is -0.372 e. The van der Waals surface area contributed by atoms with Crippen molar-refractivity contribution < 1.29 is 14.3 Å². The quantitative estimate of drug-likeness (QED) is 0.829. The predicted octanol–water partition coefficient (Wildman–Crippen LogP) is 1.57. The first-order chi connectivity index (χ1) is 10.7. The monoisotopic (exact) mass is 304 g/mol. The second-order valence-corrected chi connectivity index (χ2v) is 5.36. The van der Waals surface area contributed by atoms with E-state index in [9.17, 15) is 9.59 Å². The number of carbonyl (C=O) groups is 2. The maximum Gasteiger partial charge on any atom is 0.253 e. The molecule has 1 fully saturated rings. The average molecular weight is 304 g/mol. The van der Waals surface area contributed by atoms with Crippen LogP contribution in [0.4, 0.5) is 0 Å². The van der Waals surface area contributed by atoms with Gasteiger partial charge in [-0.15, -0.1) is 0 Å². The normalized spacial score (nSPS) is 15.0. The Morgan fingerprint density at radius 1 is 1.00 bits per heavy atom. The summed E-state index contributed by atoms with van der Waals surface area (Å²) in [6.07, 6.45) is 0.967. The van der Waals surface area contributed by atoms with Crippen molar-refractivity contribution in [1.29, 1.82) is 0 Å². The van der Waals surface area contributed by atoms with Crippen LogP contribution in [0.2, 0.25) is 0 Å². The number of aryl methyl sites for hydroxylation is 1. The molecule has 1 aromatic carbocycles. The molecule has 0 saturated carbocycles. The van der Waals surface area contributed by atoms with Crippen molar-refractivity contribution in [2.45, 2.75) is 20.3 Å². The third-order valence-corrected chi connectivity index (χ3v) is 3.96. The van der Waals surface area contributed by atoms with Gasteiger partial charge in [-0.1, -0.05) is 19.1 Å². The molecule has 0 atom stereocenters. The molecule has 1 aromatic rings. The lowest BCUT2D eigenvalue weighted by atomic mass is 10.1. The van der Waals surface area contributed by atoms with Gasteiger partial charge in [-0.2, -0.15) is 0 Å². The zero-order valence-corrected chi connectivity index (χ0v) is 13.4. The van der Waals surface area contributed by atoms with Gasteiger partial charge < -0.3 is 14.5 Å². The minimum absolute atomic E-state index is 0.00116. The summed E-state index contributed by atoms with van der Waals surface area (Å²) in [6.45, 7) is 6.93. The number of piperazine rings is 1. The van der Waals surface area contributed by atoms with Crippen LogP contribution in [0.3, 0.4) is 0 Å². The Morgan fingerprint density at radius 3 is 2.14 bits per heavy atom. The Labute approximate surface area is 131 Å². The summed E-state index contributed by atoms with van der Waals surface area (Å²) in [4.78, 5) is 27.9. The van der Waals surface area contributed by atoms with Crippen molar-refractivity contribution in [2.24, 2.45) is 0 Å². The van der Waals surface area contributed by atoms with E-state index in [0.29, 0.717) is 38.3 Å². The van der Waals surface area contributed by atoms with Crippen LogP contribution in [-0.4, -0.2) is 61.0 Å². The molecule has 1 saturated heterocycles. The van der Waals surface area contributed by atoms with Gasteiger partial charge in [0.1, 0.15) is 6.61 Å². The van der Waals surface area contributed by atoms with Crippen molar-refractivity contribution in [3.8, 4) is 0 Å². The van der Waals surface area contributed by atoms with E-state index in [1.165, 1.54) is 5.56 Å². The molecule has 0 spiro atoms. The van der Waals surface area contributed by atoms with E-state index in [2.05, 4.69) is 6.92 Å². The molecule has 1 aliphatic rings. The zero-order valence-electron chi connectivity index (χ0n) is 13.4. The first-order valence-electron chi connectivity index (χ1n) is 7.89. The lowest BCUT2D eigenvalue weighted by molar-refractivity contribution is -0.137. The minimum atomic E-state index is 0.00116. The standard InChI is InChI=1S/C17H24N2O3/c1-3-14-5-7-15(8-6-14)17(21)19-11-9-18(10-12-19)16(20)13-22-4-2/h5-8H,3-4,9-13H2,1-2H3. The summed E-state index contributed by atoms with van der Waals surface area (Å²) >= 11 is 0. The largest absolute Gasteiger partial charge is 0.372 e. The van der Waals surface area contributed by atoms with Crippen LogP contribution in [0, 0.1) is 0 Å². The third kappa shape index (κ3) is 4.07. The highest BCUT2D eigenvalue weighted by Gasteiger charge is 2.24. The van der Waals surface area contributed by atoms with E-state index in [1.807, 2.05) is 36.1 Å². The second-order valence-electron chi connectivity index (χ2n) is 5.36. The Kier molecular flexibility index (Phi) is 5.95. The first-order valence-corrected chi connectivity index (χ1v) is 7.89. The molecule has 120 valence electrons. The predicted molar refractivity (Wildman–Crippen MR) is 84.8 cm³/mol. The Morgan fingerprint density at radius 2 is 1.59 bits per heavy atom. The fourth-order valence-corrected chi connectivity index (χ4v) is 2.51. The Hall–Kier alpha value is -1.88. The van der Waals surface area contributed by atoms with Gasteiger partial charge in [-0.3, -0.25) is 9.59 Å². The molecule has 0 N–H and O–H groups in total. The van der Waals surface area contributed by atoms with Gasteiger partial charge in [0.2, 0.25) is 5.91 Å². The highest BCUT2D eigenvalue weighted by Crippen LogP contribution is 2.11. The molecule has 5 nitrogen and oxygen atoms in total. The van der Waals surface area contributed by atoms with E-state index in [4.69, 9.17) is 4.74 Å². The molecule has 22 heavy (non-hydrogen) atoms. The van der Waals surface area contributed by atoms with Crippen LogP contribution < -0.4 is 0 Å². The van der Waals surface area contributed by atoms with Gasteiger partial charge in [0.05, 0.1) is 0 Å². The van der Waals surface area contributed by atoms with Crippen LogP contribution in [0.1, 0.15) is 29.8 Å². The smallest absolute Gasteiger partial charge is 0.253 e. The molecule has 0 unspecified atom stereocenters. The molecule has 0 radical (unpaired) electrons. The zero-order chi connectivity index (χ0) is 15.9. The number of hydrogen-bond acceptors (Lipinski definition) is 3. The summed E-state index contributed by atoms with van der Waals surface area (Å²) in [5, 5.41) is 0. The van der Waals surface area contributed by atoms with E-state index in [0.717, 1.165) is 6.42 Å². The van der Waals surface area contributed by atoms with E-state index >= 15 is 0 Å². The molecule has 5 heteroatoms. The molecule has 1 heterocycles. The van der Waals surface area contributed by atoms with E-state index in [1.54, 1.807) is 4.90 Å². The Bertz CT molecular complexity index is 505. The summed E-state index contributed by atoms with van der Waals surface area (Å²) in [6, 6.07) is 7.76. The van der Waals surface area contributed by atoms with Gasteiger partial charge in [-0.05, 0) is 31.0 Å². The van der Waals surface area contributed by atoms with Gasteiger partial charge in [0.25, 0.3) is 5.91 Å².